The van der Waals surface area contributed by atoms with Crippen LogP contribution in [0.1, 0.15) is 31.7 Å². The van der Waals surface area contributed by atoms with Crippen molar-refractivity contribution in [3.63, 3.8) is 0 Å². The molecule has 162 valence electrons. The third-order valence-electron chi connectivity index (χ3n) is 6.11. The van der Waals surface area contributed by atoms with Gasteiger partial charge in [-0.05, 0) is 55.5 Å². The van der Waals surface area contributed by atoms with Crippen molar-refractivity contribution in [1.29, 1.82) is 0 Å². The second-order valence-electron chi connectivity index (χ2n) is 8.08. The fraction of sp³-hybridized carbons (Fsp3) is 0.636. The number of hydrogen-bond acceptors (Lipinski definition) is 4. The van der Waals surface area contributed by atoms with E-state index in [1.54, 1.807) is 7.11 Å². The van der Waals surface area contributed by atoms with E-state index in [9.17, 15) is 9.59 Å². The maximum atomic E-state index is 12.7. The van der Waals surface area contributed by atoms with Crippen LogP contribution in [0, 0.1) is 11.8 Å². The van der Waals surface area contributed by atoms with Crippen LogP contribution in [-0.4, -0.2) is 68.0 Å². The molecule has 2 heterocycles. The molecule has 29 heavy (non-hydrogen) atoms. The van der Waals surface area contributed by atoms with E-state index in [1.165, 1.54) is 12.8 Å². The molecule has 2 aliphatic heterocycles. The Morgan fingerprint density at radius 2 is 1.86 bits per heavy atom. The average molecular weight is 424 g/mol. The van der Waals surface area contributed by atoms with Gasteiger partial charge in [0.05, 0.1) is 13.5 Å². The second kappa shape index (κ2) is 11.4. The summed E-state index contributed by atoms with van der Waals surface area (Å²) < 4.78 is 5.22. The van der Waals surface area contributed by atoms with Crippen molar-refractivity contribution in [2.24, 2.45) is 11.8 Å². The van der Waals surface area contributed by atoms with E-state index in [0.717, 1.165) is 24.4 Å². The zero-order chi connectivity index (χ0) is 19.9. The first-order valence-electron chi connectivity index (χ1n) is 10.5. The number of nitrogens with one attached hydrogen (secondary N) is 1. The molecule has 0 aromatic heterocycles. The SMILES string of the molecule is COc1cccc(CC(=O)N2CCN(C(=O)CC(C)C3CCCNC3)CC2)c1.Cl. The summed E-state index contributed by atoms with van der Waals surface area (Å²) in [7, 11) is 1.63. The Balaban J connectivity index is 0.00000300. The Morgan fingerprint density at radius 1 is 1.17 bits per heavy atom. The summed E-state index contributed by atoms with van der Waals surface area (Å²) in [5.74, 6) is 2.12. The van der Waals surface area contributed by atoms with Crippen LogP contribution in [0.3, 0.4) is 0 Å². The monoisotopic (exact) mass is 423 g/mol. The standard InChI is InChI=1S/C22H33N3O3.ClH/c1-17(19-6-4-8-23-16-19)13-21(26)24-9-11-25(12-10-24)22(27)15-18-5-3-7-20(14-18)28-2;/h3,5,7,14,17,19,23H,4,6,8-13,15-16H2,1-2H3;1H. The van der Waals surface area contributed by atoms with E-state index < -0.39 is 0 Å². The molecule has 2 atom stereocenters. The lowest BCUT2D eigenvalue weighted by Gasteiger charge is -2.36. The van der Waals surface area contributed by atoms with Crippen LogP contribution in [0.25, 0.3) is 0 Å². The highest BCUT2D eigenvalue weighted by molar-refractivity contribution is 5.85. The zero-order valence-corrected chi connectivity index (χ0v) is 18.4. The van der Waals surface area contributed by atoms with Crippen LogP contribution in [0.15, 0.2) is 24.3 Å². The van der Waals surface area contributed by atoms with E-state index in [0.29, 0.717) is 50.9 Å². The van der Waals surface area contributed by atoms with Crippen LogP contribution < -0.4 is 10.1 Å². The van der Waals surface area contributed by atoms with E-state index in [1.807, 2.05) is 34.1 Å². The lowest BCUT2D eigenvalue weighted by Crippen LogP contribution is -2.51. The molecule has 0 bridgehead atoms. The maximum Gasteiger partial charge on any atom is 0.227 e. The van der Waals surface area contributed by atoms with Gasteiger partial charge >= 0.3 is 0 Å². The quantitative estimate of drug-likeness (QED) is 0.763. The first kappa shape index (κ1) is 23.5. The minimum absolute atomic E-state index is 0. The fourth-order valence-corrected chi connectivity index (χ4v) is 4.21. The molecule has 1 aromatic carbocycles. The summed E-state index contributed by atoms with van der Waals surface area (Å²) >= 11 is 0. The Bertz CT molecular complexity index is 671. The molecule has 1 N–H and O–H groups in total. The van der Waals surface area contributed by atoms with Crippen LogP contribution in [0.4, 0.5) is 0 Å². The van der Waals surface area contributed by atoms with Gasteiger partial charge in [-0.15, -0.1) is 12.4 Å². The highest BCUT2D eigenvalue weighted by Gasteiger charge is 2.27. The van der Waals surface area contributed by atoms with Gasteiger partial charge in [-0.25, -0.2) is 0 Å². The van der Waals surface area contributed by atoms with Crippen molar-refractivity contribution in [3.05, 3.63) is 29.8 Å². The van der Waals surface area contributed by atoms with Crippen molar-refractivity contribution >= 4 is 24.2 Å². The molecule has 7 heteroatoms. The number of ether oxygens (including phenoxy) is 1. The molecule has 0 aliphatic carbocycles. The number of halogens is 1. The summed E-state index contributed by atoms with van der Waals surface area (Å²) in [6, 6.07) is 7.63. The first-order chi connectivity index (χ1) is 13.6. The highest BCUT2D eigenvalue weighted by Crippen LogP contribution is 2.23. The van der Waals surface area contributed by atoms with Gasteiger partial charge in [0.1, 0.15) is 5.75 Å². The lowest BCUT2D eigenvalue weighted by atomic mass is 9.85. The largest absolute Gasteiger partial charge is 0.497 e. The molecule has 2 unspecified atom stereocenters. The maximum absolute atomic E-state index is 12.7. The van der Waals surface area contributed by atoms with Gasteiger partial charge in [0.25, 0.3) is 0 Å². The third-order valence-corrected chi connectivity index (χ3v) is 6.11. The molecule has 2 fully saturated rings. The summed E-state index contributed by atoms with van der Waals surface area (Å²) in [4.78, 5) is 29.1. The number of piperidine rings is 1. The summed E-state index contributed by atoms with van der Waals surface area (Å²) in [6.07, 6.45) is 3.41. The molecule has 1 aromatic rings. The molecule has 0 saturated carbocycles. The molecular weight excluding hydrogens is 390 g/mol. The van der Waals surface area contributed by atoms with E-state index >= 15 is 0 Å². The van der Waals surface area contributed by atoms with E-state index in [2.05, 4.69) is 12.2 Å². The Morgan fingerprint density at radius 3 is 2.48 bits per heavy atom. The third kappa shape index (κ3) is 6.61. The second-order valence-corrected chi connectivity index (χ2v) is 8.08. The summed E-state index contributed by atoms with van der Waals surface area (Å²) in [6.45, 7) is 6.84. The number of nitrogens with zero attached hydrogens (tertiary/aromatic N) is 2. The fourth-order valence-electron chi connectivity index (χ4n) is 4.21. The smallest absolute Gasteiger partial charge is 0.227 e. The molecule has 6 nitrogen and oxygen atoms in total. The van der Waals surface area contributed by atoms with Gasteiger partial charge in [0.2, 0.25) is 11.8 Å². The van der Waals surface area contributed by atoms with Crippen molar-refractivity contribution in [1.82, 2.24) is 15.1 Å². The predicted octanol–water partition coefficient (Wildman–Crippen LogP) is 2.36. The average Bonchev–Trinajstić information content (AvgIpc) is 2.74. The van der Waals surface area contributed by atoms with Crippen molar-refractivity contribution in [3.8, 4) is 5.75 Å². The first-order valence-corrected chi connectivity index (χ1v) is 10.5. The number of benzene rings is 1. The van der Waals surface area contributed by atoms with E-state index in [-0.39, 0.29) is 24.2 Å². The van der Waals surface area contributed by atoms with Gasteiger partial charge in [-0.2, -0.15) is 0 Å². The predicted molar refractivity (Wildman–Crippen MR) is 116 cm³/mol. The van der Waals surface area contributed by atoms with Crippen LogP contribution in [0.2, 0.25) is 0 Å². The number of carbonyl (C=O) groups excluding carboxylic acids is 2. The Hall–Kier alpha value is -1.79. The minimum Gasteiger partial charge on any atom is -0.497 e. The molecule has 0 spiro atoms. The topological polar surface area (TPSA) is 61.9 Å². The normalized spacial score (nSPS) is 20.6. The number of amides is 2. The van der Waals surface area contributed by atoms with Gasteiger partial charge in [0.15, 0.2) is 0 Å². The highest BCUT2D eigenvalue weighted by atomic mass is 35.5. The molecule has 3 rings (SSSR count). The van der Waals surface area contributed by atoms with Crippen LogP contribution >= 0.6 is 12.4 Å². The molecule has 2 saturated heterocycles. The number of hydrogen-bond donors (Lipinski definition) is 1. The minimum atomic E-state index is 0. The Labute approximate surface area is 180 Å². The number of piperazine rings is 1. The molecule has 0 radical (unpaired) electrons. The number of rotatable bonds is 6. The van der Waals surface area contributed by atoms with Crippen molar-refractivity contribution in [2.75, 3.05) is 46.4 Å². The zero-order valence-electron chi connectivity index (χ0n) is 17.6. The number of methoxy groups -OCH3 is 1. The molecule has 2 aliphatic rings. The molecule has 2 amide bonds. The lowest BCUT2D eigenvalue weighted by molar-refractivity contribution is -0.140. The van der Waals surface area contributed by atoms with Crippen molar-refractivity contribution in [2.45, 2.75) is 32.6 Å². The van der Waals surface area contributed by atoms with Gasteiger partial charge < -0.3 is 19.9 Å². The number of carbonyl (C=O) groups is 2. The van der Waals surface area contributed by atoms with Crippen LogP contribution in [0.5, 0.6) is 5.75 Å². The summed E-state index contributed by atoms with van der Waals surface area (Å²) in [5.41, 5.74) is 0.956. The van der Waals surface area contributed by atoms with Gasteiger partial charge in [0, 0.05) is 32.6 Å². The van der Waals surface area contributed by atoms with Gasteiger partial charge in [-0.1, -0.05) is 19.1 Å². The van der Waals surface area contributed by atoms with E-state index in [4.69, 9.17) is 4.74 Å². The molecular formula is C22H34ClN3O3. The van der Waals surface area contributed by atoms with Crippen molar-refractivity contribution < 1.29 is 14.3 Å². The Kier molecular flexibility index (Phi) is 9.24. The van der Waals surface area contributed by atoms with Gasteiger partial charge in [-0.3, -0.25) is 9.59 Å². The summed E-state index contributed by atoms with van der Waals surface area (Å²) in [5, 5.41) is 3.44. The van der Waals surface area contributed by atoms with Crippen LogP contribution in [-0.2, 0) is 16.0 Å².